The first-order chi connectivity index (χ1) is 5.16. The van der Waals surface area contributed by atoms with Crippen LogP contribution in [0.25, 0.3) is 0 Å². The molecule has 1 heterocycles. The van der Waals surface area contributed by atoms with E-state index in [0.717, 1.165) is 0 Å². The molecule has 1 rings (SSSR count). The van der Waals surface area contributed by atoms with Gasteiger partial charge in [-0.2, -0.15) is 0 Å². The van der Waals surface area contributed by atoms with E-state index < -0.39 is 11.1 Å². The van der Waals surface area contributed by atoms with Crippen molar-refractivity contribution < 1.29 is 0 Å². The van der Waals surface area contributed by atoms with Crippen molar-refractivity contribution in [2.75, 3.05) is 0 Å². The van der Waals surface area contributed by atoms with E-state index in [1.165, 1.54) is 9.13 Å². The molecule has 1 aromatic heterocycles. The number of aromatic nitrogens is 2. The summed E-state index contributed by atoms with van der Waals surface area (Å²) in [5, 5.41) is 0. The van der Waals surface area contributed by atoms with Crippen molar-refractivity contribution in [2.45, 2.75) is 13.5 Å². The highest BCUT2D eigenvalue weighted by atomic mass is 16.2. The maximum Gasteiger partial charge on any atom is 0.316 e. The summed E-state index contributed by atoms with van der Waals surface area (Å²) in [5.74, 6) is 0. The second kappa shape index (κ2) is 2.74. The van der Waals surface area contributed by atoms with Crippen molar-refractivity contribution >= 4 is 0 Å². The average molecular weight is 154 g/mol. The van der Waals surface area contributed by atoms with Gasteiger partial charge in [0.15, 0.2) is 0 Å². The number of hydrogen-bond donors (Lipinski definition) is 0. The van der Waals surface area contributed by atoms with E-state index in [1.54, 1.807) is 19.4 Å². The van der Waals surface area contributed by atoms with Crippen LogP contribution in [0.2, 0.25) is 0 Å². The number of rotatable bonds is 1. The Morgan fingerprint density at radius 1 is 1.27 bits per heavy atom. The molecule has 4 heteroatoms. The first-order valence-electron chi connectivity index (χ1n) is 3.43. The van der Waals surface area contributed by atoms with Crippen molar-refractivity contribution in [3.05, 3.63) is 33.1 Å². The lowest BCUT2D eigenvalue weighted by Crippen LogP contribution is -2.39. The molecular weight excluding hydrogens is 144 g/mol. The zero-order valence-electron chi connectivity index (χ0n) is 6.57. The molecule has 0 radical (unpaired) electrons. The molecule has 0 N–H and O–H groups in total. The molecule has 4 nitrogen and oxygen atoms in total. The van der Waals surface area contributed by atoms with Gasteiger partial charge in [0.2, 0.25) is 0 Å². The summed E-state index contributed by atoms with van der Waals surface area (Å²) >= 11 is 0. The summed E-state index contributed by atoms with van der Waals surface area (Å²) in [6.45, 7) is 2.36. The van der Waals surface area contributed by atoms with Gasteiger partial charge in [-0.1, -0.05) is 0 Å². The largest absolute Gasteiger partial charge is 0.316 e. The van der Waals surface area contributed by atoms with Gasteiger partial charge in [-0.25, -0.2) is 0 Å². The fourth-order valence-corrected chi connectivity index (χ4v) is 0.839. The Balaban J connectivity index is 3.51. The van der Waals surface area contributed by atoms with Gasteiger partial charge in [0.25, 0.3) is 0 Å². The molecule has 0 saturated heterocycles. The van der Waals surface area contributed by atoms with Crippen LogP contribution < -0.4 is 11.1 Å². The predicted octanol–water partition coefficient (Wildman–Crippen LogP) is -0.433. The summed E-state index contributed by atoms with van der Waals surface area (Å²) in [6.07, 6.45) is 3.18. The Bertz CT molecular complexity index is 361. The van der Waals surface area contributed by atoms with Gasteiger partial charge >= 0.3 is 11.1 Å². The molecule has 0 saturated carbocycles. The molecule has 0 aliphatic rings. The Morgan fingerprint density at radius 2 is 1.91 bits per heavy atom. The van der Waals surface area contributed by atoms with Gasteiger partial charge in [0, 0.05) is 26.0 Å². The Morgan fingerprint density at radius 3 is 2.45 bits per heavy atom. The van der Waals surface area contributed by atoms with E-state index >= 15 is 0 Å². The predicted molar refractivity (Wildman–Crippen MR) is 41.6 cm³/mol. The van der Waals surface area contributed by atoms with E-state index in [2.05, 4.69) is 0 Å². The van der Waals surface area contributed by atoms with Crippen molar-refractivity contribution in [3.8, 4) is 0 Å². The first kappa shape index (κ1) is 7.78. The normalized spacial score (nSPS) is 10.0. The van der Waals surface area contributed by atoms with Gasteiger partial charge in [-0.3, -0.25) is 9.59 Å². The van der Waals surface area contributed by atoms with Crippen LogP contribution in [-0.4, -0.2) is 9.13 Å². The zero-order chi connectivity index (χ0) is 8.43. The summed E-state index contributed by atoms with van der Waals surface area (Å²) < 4.78 is 2.65. The molecule has 0 spiro atoms. The lowest BCUT2D eigenvalue weighted by molar-refractivity contribution is 0.675. The minimum atomic E-state index is -0.477. The fraction of sp³-hybridized carbons (Fsp3) is 0.429. The lowest BCUT2D eigenvalue weighted by Gasteiger charge is -2.00. The fourth-order valence-electron chi connectivity index (χ4n) is 0.839. The van der Waals surface area contributed by atoms with E-state index in [0.29, 0.717) is 6.54 Å². The van der Waals surface area contributed by atoms with Gasteiger partial charge in [-0.05, 0) is 6.92 Å². The molecule has 60 valence electrons. The van der Waals surface area contributed by atoms with Crippen LogP contribution in [0, 0.1) is 0 Å². The third kappa shape index (κ3) is 1.24. The van der Waals surface area contributed by atoms with Crippen LogP contribution in [0.5, 0.6) is 0 Å². The Kier molecular flexibility index (Phi) is 1.94. The number of nitrogens with zero attached hydrogens (tertiary/aromatic N) is 2. The molecule has 0 atom stereocenters. The van der Waals surface area contributed by atoms with Crippen LogP contribution >= 0.6 is 0 Å². The Hall–Kier alpha value is -1.32. The average Bonchev–Trinajstić information content (AvgIpc) is 2.01. The summed E-state index contributed by atoms with van der Waals surface area (Å²) in [7, 11) is 1.56. The van der Waals surface area contributed by atoms with Gasteiger partial charge in [-0.15, -0.1) is 0 Å². The first-order valence-corrected chi connectivity index (χ1v) is 3.43. The standard InChI is InChI=1S/C7H10N2O2/c1-3-9-5-4-8(2)6(10)7(9)11/h4-5H,3H2,1-2H3. The topological polar surface area (TPSA) is 44.0 Å². The maximum absolute atomic E-state index is 11.1. The smallest absolute Gasteiger partial charge is 0.312 e. The summed E-state index contributed by atoms with van der Waals surface area (Å²) in [5.41, 5.74) is -0.938. The van der Waals surface area contributed by atoms with Gasteiger partial charge < -0.3 is 9.13 Å². The van der Waals surface area contributed by atoms with E-state index in [1.807, 2.05) is 6.92 Å². The molecule has 0 fully saturated rings. The van der Waals surface area contributed by atoms with Gasteiger partial charge in [0.1, 0.15) is 0 Å². The monoisotopic (exact) mass is 154 g/mol. The molecule has 0 bridgehead atoms. The molecule has 11 heavy (non-hydrogen) atoms. The van der Waals surface area contributed by atoms with Gasteiger partial charge in [0.05, 0.1) is 0 Å². The molecule has 0 unspecified atom stereocenters. The SMILES string of the molecule is CCn1ccn(C)c(=O)c1=O. The molecular formula is C7H10N2O2. The third-order valence-electron chi connectivity index (χ3n) is 1.58. The highest BCUT2D eigenvalue weighted by Gasteiger charge is 1.98. The molecule has 0 aliphatic carbocycles. The molecule has 0 aromatic carbocycles. The van der Waals surface area contributed by atoms with Crippen LogP contribution in [0.1, 0.15) is 6.92 Å². The van der Waals surface area contributed by atoms with Crippen molar-refractivity contribution in [2.24, 2.45) is 7.05 Å². The van der Waals surface area contributed by atoms with Crippen LogP contribution in [0.4, 0.5) is 0 Å². The highest BCUT2D eigenvalue weighted by molar-refractivity contribution is 4.83. The van der Waals surface area contributed by atoms with Crippen molar-refractivity contribution in [3.63, 3.8) is 0 Å². The third-order valence-corrected chi connectivity index (χ3v) is 1.58. The van der Waals surface area contributed by atoms with Crippen LogP contribution in [0.3, 0.4) is 0 Å². The minimum Gasteiger partial charge on any atom is -0.312 e. The Labute approximate surface area is 63.7 Å². The van der Waals surface area contributed by atoms with Crippen LogP contribution in [-0.2, 0) is 13.6 Å². The highest BCUT2D eigenvalue weighted by Crippen LogP contribution is 1.75. The molecule has 0 amide bonds. The van der Waals surface area contributed by atoms with E-state index in [4.69, 9.17) is 0 Å². The van der Waals surface area contributed by atoms with Crippen LogP contribution in [0.15, 0.2) is 22.0 Å². The van der Waals surface area contributed by atoms with Crippen molar-refractivity contribution in [1.29, 1.82) is 0 Å². The minimum absolute atomic E-state index is 0.461. The van der Waals surface area contributed by atoms with Crippen molar-refractivity contribution in [1.82, 2.24) is 9.13 Å². The number of aryl methyl sites for hydroxylation is 2. The maximum atomic E-state index is 11.1. The second-order valence-corrected chi connectivity index (χ2v) is 2.31. The molecule has 0 aliphatic heterocycles. The molecule has 1 aromatic rings. The second-order valence-electron chi connectivity index (χ2n) is 2.31. The van der Waals surface area contributed by atoms with E-state index in [9.17, 15) is 9.59 Å². The summed E-state index contributed by atoms with van der Waals surface area (Å²) in [4.78, 5) is 22.0. The number of hydrogen-bond acceptors (Lipinski definition) is 2. The zero-order valence-corrected chi connectivity index (χ0v) is 6.57. The van der Waals surface area contributed by atoms with E-state index in [-0.39, 0.29) is 0 Å². The summed E-state index contributed by atoms with van der Waals surface area (Å²) in [6, 6.07) is 0. The lowest BCUT2D eigenvalue weighted by atomic mass is 10.6. The quantitative estimate of drug-likeness (QED) is 0.515.